The number of nitrogens with zero attached hydrogens (tertiary/aromatic N) is 6. The van der Waals surface area contributed by atoms with Crippen molar-refractivity contribution in [1.29, 1.82) is 5.26 Å². The molecule has 5 rings (SSSR count). The second kappa shape index (κ2) is 8.20. The Kier molecular flexibility index (Phi) is 5.48. The quantitative estimate of drug-likeness (QED) is 0.580. The Morgan fingerprint density at radius 2 is 2.08 bits per heavy atom. The lowest BCUT2D eigenvalue weighted by molar-refractivity contribution is -0.0663. The zero-order valence-electron chi connectivity index (χ0n) is 20.2. The number of aliphatic hydroxyl groups is 1. The lowest BCUT2D eigenvalue weighted by atomic mass is 9.67. The summed E-state index contributed by atoms with van der Waals surface area (Å²) < 4.78 is 37.0. The number of ether oxygens (including phenoxy) is 1. The molecule has 2 fully saturated rings. The van der Waals surface area contributed by atoms with Crippen LogP contribution in [0, 0.1) is 22.6 Å². The number of carbonyl (C=O) groups is 1. The van der Waals surface area contributed by atoms with E-state index in [0.29, 0.717) is 29.0 Å². The Morgan fingerprint density at radius 1 is 1.31 bits per heavy atom. The number of amides is 1. The maximum absolute atomic E-state index is 15.4. The Labute approximate surface area is 206 Å². The number of nitriles is 1. The van der Waals surface area contributed by atoms with Gasteiger partial charge < -0.3 is 14.4 Å². The molecule has 2 aromatic heterocycles. The number of benzene rings is 1. The highest BCUT2D eigenvalue weighted by molar-refractivity contribution is 5.89. The topological polar surface area (TPSA) is 117 Å². The Morgan fingerprint density at radius 3 is 2.75 bits per heavy atom. The molecule has 1 N–H and O–H groups in total. The first kappa shape index (κ1) is 24.1. The molecule has 1 saturated carbocycles. The van der Waals surface area contributed by atoms with Crippen LogP contribution in [0.25, 0.3) is 11.0 Å². The van der Waals surface area contributed by atoms with Crippen LogP contribution in [0.1, 0.15) is 51.3 Å². The minimum atomic E-state index is -1.17. The molecule has 0 unspecified atom stereocenters. The van der Waals surface area contributed by atoms with E-state index in [0.717, 1.165) is 0 Å². The second-order valence-electron chi connectivity index (χ2n) is 10.6. The summed E-state index contributed by atoms with van der Waals surface area (Å²) in [5.41, 5.74) is -1.83. The number of imidazole rings is 1. The van der Waals surface area contributed by atoms with E-state index in [1.54, 1.807) is 25.3 Å². The van der Waals surface area contributed by atoms with Gasteiger partial charge in [-0.25, -0.2) is 23.5 Å². The smallest absolute Gasteiger partial charge is 0.416 e. The number of halogens is 2. The summed E-state index contributed by atoms with van der Waals surface area (Å²) in [6.45, 7) is 5.38. The Balaban J connectivity index is 1.40. The third kappa shape index (κ3) is 4.05. The van der Waals surface area contributed by atoms with Crippen LogP contribution in [-0.2, 0) is 16.9 Å². The van der Waals surface area contributed by atoms with E-state index in [1.165, 1.54) is 35.8 Å². The summed E-state index contributed by atoms with van der Waals surface area (Å²) in [4.78, 5) is 26.9. The van der Waals surface area contributed by atoms with E-state index in [2.05, 4.69) is 15.0 Å². The van der Waals surface area contributed by atoms with Gasteiger partial charge in [0.05, 0.1) is 47.6 Å². The van der Waals surface area contributed by atoms with Crippen LogP contribution in [0.4, 0.5) is 19.4 Å². The van der Waals surface area contributed by atoms with Gasteiger partial charge in [-0.2, -0.15) is 5.26 Å². The highest BCUT2D eigenvalue weighted by Crippen LogP contribution is 2.49. The number of aromatic nitrogens is 4. The number of hydrogen-bond acceptors (Lipinski definition) is 7. The number of hydrogen-bond donors (Lipinski definition) is 1. The summed E-state index contributed by atoms with van der Waals surface area (Å²) in [7, 11) is 0. The molecule has 188 valence electrons. The number of carbonyl (C=O) groups excluding carboxylic acids is 1. The molecule has 1 saturated heterocycles. The molecule has 1 amide bonds. The molecule has 0 bridgehead atoms. The first-order valence-electron chi connectivity index (χ1n) is 11.7. The summed E-state index contributed by atoms with van der Waals surface area (Å²) >= 11 is 0. The lowest BCUT2D eigenvalue weighted by Crippen LogP contribution is -2.50. The van der Waals surface area contributed by atoms with Gasteiger partial charge >= 0.3 is 6.09 Å². The van der Waals surface area contributed by atoms with Gasteiger partial charge in [-0.3, -0.25) is 9.88 Å². The van der Waals surface area contributed by atoms with Crippen molar-refractivity contribution >= 4 is 22.9 Å². The van der Waals surface area contributed by atoms with E-state index >= 15 is 4.39 Å². The summed E-state index contributed by atoms with van der Waals surface area (Å²) in [6, 6.07) is 4.44. The van der Waals surface area contributed by atoms with Gasteiger partial charge in [0.15, 0.2) is 5.82 Å². The number of alkyl halides is 1. The SMILES string of the molecule is CC(C)(O)c1cnc(N2C[C@@]3(CC[C@H](F)[C@@](C)(Cn4cnc5cc(F)c(C#N)cc54)C3)OC2=O)cn1. The van der Waals surface area contributed by atoms with Gasteiger partial charge in [-0.15, -0.1) is 0 Å². The van der Waals surface area contributed by atoms with Gasteiger partial charge in [0.1, 0.15) is 29.3 Å². The molecule has 1 aromatic carbocycles. The minimum Gasteiger partial charge on any atom is -0.441 e. The number of rotatable bonds is 4. The van der Waals surface area contributed by atoms with Crippen molar-refractivity contribution in [2.45, 2.75) is 64.0 Å². The highest BCUT2D eigenvalue weighted by Gasteiger charge is 2.55. The molecule has 2 aliphatic rings. The van der Waals surface area contributed by atoms with Crippen LogP contribution in [0.3, 0.4) is 0 Å². The van der Waals surface area contributed by atoms with Crippen LogP contribution < -0.4 is 4.90 Å². The normalized spacial score (nSPS) is 26.4. The molecule has 9 nitrogen and oxygen atoms in total. The van der Waals surface area contributed by atoms with E-state index in [4.69, 9.17) is 4.74 Å². The lowest BCUT2D eigenvalue weighted by Gasteiger charge is -2.45. The van der Waals surface area contributed by atoms with E-state index < -0.39 is 34.7 Å². The molecule has 1 spiro atoms. The molecule has 3 heterocycles. The second-order valence-corrected chi connectivity index (χ2v) is 10.6. The van der Waals surface area contributed by atoms with Crippen LogP contribution in [0.5, 0.6) is 0 Å². The average Bonchev–Trinajstić information content (AvgIpc) is 3.35. The Hall–Kier alpha value is -3.65. The summed E-state index contributed by atoms with van der Waals surface area (Å²) in [6.07, 6.45) is 3.40. The maximum Gasteiger partial charge on any atom is 0.416 e. The predicted molar refractivity (Wildman–Crippen MR) is 125 cm³/mol. The average molecular weight is 497 g/mol. The highest BCUT2D eigenvalue weighted by atomic mass is 19.1. The van der Waals surface area contributed by atoms with Gasteiger partial charge in [-0.1, -0.05) is 6.92 Å². The van der Waals surface area contributed by atoms with Crippen molar-refractivity contribution in [2.75, 3.05) is 11.4 Å². The van der Waals surface area contributed by atoms with E-state index in [-0.39, 0.29) is 31.5 Å². The Bertz CT molecular complexity index is 1380. The first-order valence-corrected chi connectivity index (χ1v) is 11.7. The number of fused-ring (bicyclic) bond motifs is 1. The predicted octanol–water partition coefficient (Wildman–Crippen LogP) is 3.99. The fourth-order valence-electron chi connectivity index (χ4n) is 5.31. The summed E-state index contributed by atoms with van der Waals surface area (Å²) in [5.74, 6) is -0.362. The molecular formula is C25H26F2N6O3. The van der Waals surface area contributed by atoms with Crippen LogP contribution in [0.2, 0.25) is 0 Å². The molecule has 0 radical (unpaired) electrons. The third-order valence-corrected chi connectivity index (χ3v) is 7.21. The number of anilines is 1. The standard InChI is InChI=1S/C25H26F2N6O3/c1-23(2,35)20-9-30-21(10-29-20)33-13-25(36-22(33)34)5-4-19(27)24(3,11-25)12-32-14-31-17-7-16(26)15(8-28)6-18(17)32/h6-7,9-10,14,19,35H,4-5,11-13H2,1-3H3/t19-,24+,25-/m0/s1. The van der Waals surface area contributed by atoms with Gasteiger partial charge in [0.2, 0.25) is 0 Å². The first-order chi connectivity index (χ1) is 16.9. The molecule has 1 aliphatic heterocycles. The molecule has 1 aliphatic carbocycles. The zero-order chi connectivity index (χ0) is 25.9. The van der Waals surface area contributed by atoms with Gasteiger partial charge in [0, 0.05) is 18.0 Å². The van der Waals surface area contributed by atoms with E-state index in [9.17, 15) is 19.6 Å². The minimum absolute atomic E-state index is 0.108. The molecule has 3 aromatic rings. The zero-order valence-corrected chi connectivity index (χ0v) is 20.2. The van der Waals surface area contributed by atoms with Crippen LogP contribution in [-0.4, -0.2) is 49.0 Å². The molecule has 11 heteroatoms. The van der Waals surface area contributed by atoms with Gasteiger partial charge in [-0.05, 0) is 39.2 Å². The van der Waals surface area contributed by atoms with Crippen molar-refractivity contribution < 1.29 is 23.4 Å². The van der Waals surface area contributed by atoms with Crippen LogP contribution in [0.15, 0.2) is 30.9 Å². The van der Waals surface area contributed by atoms with Crippen molar-refractivity contribution in [2.24, 2.45) is 5.41 Å². The van der Waals surface area contributed by atoms with Crippen molar-refractivity contribution in [3.8, 4) is 6.07 Å². The third-order valence-electron chi connectivity index (χ3n) is 7.21. The molecule has 3 atom stereocenters. The van der Waals surface area contributed by atoms with Crippen molar-refractivity contribution in [3.05, 3.63) is 47.9 Å². The van der Waals surface area contributed by atoms with Crippen molar-refractivity contribution in [1.82, 2.24) is 19.5 Å². The van der Waals surface area contributed by atoms with Crippen molar-refractivity contribution in [3.63, 3.8) is 0 Å². The fraction of sp³-hybridized carbons (Fsp3) is 0.480. The maximum atomic E-state index is 15.4. The molecule has 36 heavy (non-hydrogen) atoms. The monoisotopic (exact) mass is 496 g/mol. The largest absolute Gasteiger partial charge is 0.441 e. The molecular weight excluding hydrogens is 470 g/mol. The van der Waals surface area contributed by atoms with Crippen LogP contribution >= 0.6 is 0 Å². The van der Waals surface area contributed by atoms with Gasteiger partial charge in [0.25, 0.3) is 0 Å². The van der Waals surface area contributed by atoms with E-state index in [1.807, 2.05) is 6.07 Å². The fourth-order valence-corrected chi connectivity index (χ4v) is 5.31. The summed E-state index contributed by atoms with van der Waals surface area (Å²) in [5, 5.41) is 19.3.